The van der Waals surface area contributed by atoms with Crippen molar-refractivity contribution in [1.29, 1.82) is 0 Å². The molecule has 0 unspecified atom stereocenters. The quantitative estimate of drug-likeness (QED) is 0.690. The number of ether oxygens (including phenoxy) is 1. The van der Waals surface area contributed by atoms with Crippen molar-refractivity contribution in [3.8, 4) is 0 Å². The number of carbonyl (C=O) groups excluding carboxylic acids is 1. The molecular formula is C14H22ClN3O4S. The summed E-state index contributed by atoms with van der Waals surface area (Å²) in [5, 5.41) is 3.25. The molecule has 1 heterocycles. The summed E-state index contributed by atoms with van der Waals surface area (Å²) < 4.78 is 32.3. The molecule has 1 aliphatic rings. The Bertz CT molecular complexity index is 651. The number of rotatable bonds is 7. The molecule has 1 aromatic carbocycles. The Balaban J connectivity index is 0.00000264. The average molecular weight is 364 g/mol. The van der Waals surface area contributed by atoms with Gasteiger partial charge in [-0.2, -0.15) is 17.4 Å². The maximum Gasteiger partial charge on any atom is 0.306 e. The Morgan fingerprint density at radius 3 is 2.74 bits per heavy atom. The lowest BCUT2D eigenvalue weighted by Gasteiger charge is -2.17. The van der Waals surface area contributed by atoms with E-state index in [1.54, 1.807) is 0 Å². The number of hydrogen-bond donors (Lipinski definition) is 2. The molecule has 0 atom stereocenters. The van der Waals surface area contributed by atoms with Crippen molar-refractivity contribution < 1.29 is 17.9 Å². The molecule has 0 saturated heterocycles. The smallest absolute Gasteiger partial charge is 0.306 e. The fourth-order valence-electron chi connectivity index (χ4n) is 2.21. The molecule has 0 aromatic heterocycles. The van der Waals surface area contributed by atoms with E-state index in [2.05, 4.69) is 14.8 Å². The second-order valence-electron chi connectivity index (χ2n) is 5.18. The lowest BCUT2D eigenvalue weighted by molar-refractivity contribution is -0.140. The van der Waals surface area contributed by atoms with Gasteiger partial charge in [-0.15, -0.1) is 12.4 Å². The van der Waals surface area contributed by atoms with Crippen molar-refractivity contribution in [2.75, 3.05) is 20.7 Å². The zero-order valence-corrected chi connectivity index (χ0v) is 14.8. The highest BCUT2D eigenvalue weighted by Crippen LogP contribution is 2.17. The van der Waals surface area contributed by atoms with Gasteiger partial charge in [0.15, 0.2) is 0 Å². The monoisotopic (exact) mass is 363 g/mol. The number of methoxy groups -OCH3 is 1. The lowest BCUT2D eigenvalue weighted by atomic mass is 10.1. The van der Waals surface area contributed by atoms with Gasteiger partial charge in [0, 0.05) is 33.2 Å². The molecule has 130 valence electrons. The number of carbonyl (C=O) groups is 1. The first-order chi connectivity index (χ1) is 10.4. The van der Waals surface area contributed by atoms with Crippen molar-refractivity contribution >= 4 is 28.6 Å². The topological polar surface area (TPSA) is 87.7 Å². The van der Waals surface area contributed by atoms with Gasteiger partial charge in [0.2, 0.25) is 0 Å². The zero-order chi connectivity index (χ0) is 16.2. The van der Waals surface area contributed by atoms with Crippen molar-refractivity contribution in [2.45, 2.75) is 26.1 Å². The van der Waals surface area contributed by atoms with Gasteiger partial charge in [-0.25, -0.2) is 0 Å². The van der Waals surface area contributed by atoms with E-state index < -0.39 is 16.2 Å². The Hall–Kier alpha value is -1.19. The van der Waals surface area contributed by atoms with Crippen LogP contribution in [-0.2, 0) is 39.4 Å². The van der Waals surface area contributed by atoms with Gasteiger partial charge < -0.3 is 10.1 Å². The predicted octanol–water partition coefficient (Wildman–Crippen LogP) is 0.541. The molecule has 0 spiro atoms. The van der Waals surface area contributed by atoms with Crippen molar-refractivity contribution in [3.63, 3.8) is 0 Å². The van der Waals surface area contributed by atoms with Gasteiger partial charge in [0.25, 0.3) is 10.2 Å². The summed E-state index contributed by atoms with van der Waals surface area (Å²) in [6.45, 7) is 1.97. The third-order valence-corrected chi connectivity index (χ3v) is 5.14. The van der Waals surface area contributed by atoms with Crippen LogP contribution in [0.1, 0.15) is 23.1 Å². The highest BCUT2D eigenvalue weighted by Gasteiger charge is 2.18. The Labute approximate surface area is 143 Å². The molecule has 0 amide bonds. The molecule has 23 heavy (non-hydrogen) atoms. The van der Waals surface area contributed by atoms with Crippen LogP contribution in [0.25, 0.3) is 0 Å². The maximum atomic E-state index is 12.1. The van der Waals surface area contributed by atoms with Gasteiger partial charge in [-0.1, -0.05) is 18.2 Å². The number of benzene rings is 1. The minimum atomic E-state index is -3.62. The SMILES string of the molecule is COC(=O)CCN(C)S(=O)(=O)NCc1ccc2c(c1)CNC2.Cl. The van der Waals surface area contributed by atoms with Gasteiger partial charge in [-0.3, -0.25) is 4.79 Å². The fraction of sp³-hybridized carbons (Fsp3) is 0.500. The van der Waals surface area contributed by atoms with E-state index in [4.69, 9.17) is 0 Å². The van der Waals surface area contributed by atoms with Crippen LogP contribution in [0.5, 0.6) is 0 Å². The molecule has 7 nitrogen and oxygen atoms in total. The third-order valence-electron chi connectivity index (χ3n) is 3.63. The standard InChI is InChI=1S/C14H21N3O4S.ClH/c1-17(6-5-14(18)21-2)22(19,20)16-8-11-3-4-12-9-15-10-13(12)7-11;/h3-4,7,15-16H,5-6,8-10H2,1-2H3;1H. The summed E-state index contributed by atoms with van der Waals surface area (Å²) in [5.41, 5.74) is 3.37. The molecule has 2 N–H and O–H groups in total. The van der Waals surface area contributed by atoms with Gasteiger partial charge in [0.05, 0.1) is 13.5 Å². The zero-order valence-electron chi connectivity index (χ0n) is 13.2. The first-order valence-electron chi connectivity index (χ1n) is 7.01. The van der Waals surface area contributed by atoms with Crippen LogP contribution >= 0.6 is 12.4 Å². The van der Waals surface area contributed by atoms with Crippen LogP contribution in [0.4, 0.5) is 0 Å². The Kier molecular flexibility index (Phi) is 7.43. The van der Waals surface area contributed by atoms with Crippen LogP contribution in [0.3, 0.4) is 0 Å². The van der Waals surface area contributed by atoms with Crippen LogP contribution in [-0.4, -0.2) is 39.4 Å². The Morgan fingerprint density at radius 1 is 1.35 bits per heavy atom. The van der Waals surface area contributed by atoms with E-state index in [-0.39, 0.29) is 31.9 Å². The van der Waals surface area contributed by atoms with Crippen LogP contribution in [0, 0.1) is 0 Å². The van der Waals surface area contributed by atoms with Crippen LogP contribution in [0.2, 0.25) is 0 Å². The van der Waals surface area contributed by atoms with Crippen LogP contribution in [0.15, 0.2) is 18.2 Å². The summed E-state index contributed by atoms with van der Waals surface area (Å²) in [4.78, 5) is 11.1. The van der Waals surface area contributed by atoms with E-state index >= 15 is 0 Å². The molecule has 9 heteroatoms. The highest BCUT2D eigenvalue weighted by molar-refractivity contribution is 7.87. The van der Waals surface area contributed by atoms with Gasteiger partial charge in [0.1, 0.15) is 0 Å². The maximum absolute atomic E-state index is 12.1. The van der Waals surface area contributed by atoms with Crippen LogP contribution < -0.4 is 10.0 Å². The molecule has 1 aromatic rings. The molecule has 1 aliphatic heterocycles. The van der Waals surface area contributed by atoms with E-state index in [0.717, 1.165) is 23.0 Å². The number of fused-ring (bicyclic) bond motifs is 1. The lowest BCUT2D eigenvalue weighted by Crippen LogP contribution is -2.39. The number of nitrogens with one attached hydrogen (secondary N) is 2. The molecular weight excluding hydrogens is 342 g/mol. The molecule has 0 aliphatic carbocycles. The Morgan fingerprint density at radius 2 is 2.04 bits per heavy atom. The van der Waals surface area contributed by atoms with E-state index in [0.29, 0.717) is 0 Å². The normalized spacial score (nSPS) is 13.5. The largest absolute Gasteiger partial charge is 0.469 e. The van der Waals surface area contributed by atoms with Gasteiger partial charge in [-0.05, 0) is 16.7 Å². The molecule has 0 fully saturated rings. The van der Waals surface area contributed by atoms with Crippen molar-refractivity contribution in [1.82, 2.24) is 14.3 Å². The molecule has 0 saturated carbocycles. The summed E-state index contributed by atoms with van der Waals surface area (Å²) in [6.07, 6.45) is 0.0262. The fourth-order valence-corrected chi connectivity index (χ4v) is 3.11. The molecule has 0 bridgehead atoms. The average Bonchev–Trinajstić information content (AvgIpc) is 2.97. The number of esters is 1. The second-order valence-corrected chi connectivity index (χ2v) is 7.04. The van der Waals surface area contributed by atoms with E-state index in [9.17, 15) is 13.2 Å². The van der Waals surface area contributed by atoms with E-state index in [1.807, 2.05) is 18.2 Å². The summed E-state index contributed by atoms with van der Waals surface area (Å²) in [6, 6.07) is 5.94. The second kappa shape index (κ2) is 8.60. The molecule has 0 radical (unpaired) electrons. The summed E-state index contributed by atoms with van der Waals surface area (Å²) in [7, 11) is -0.912. The highest BCUT2D eigenvalue weighted by atomic mass is 35.5. The number of halogens is 1. The summed E-state index contributed by atoms with van der Waals surface area (Å²) >= 11 is 0. The third kappa shape index (κ3) is 5.43. The first-order valence-corrected chi connectivity index (χ1v) is 8.45. The molecule has 2 rings (SSSR count). The predicted molar refractivity (Wildman–Crippen MR) is 89.3 cm³/mol. The van der Waals surface area contributed by atoms with Crippen molar-refractivity contribution in [3.05, 3.63) is 34.9 Å². The van der Waals surface area contributed by atoms with E-state index in [1.165, 1.54) is 25.3 Å². The minimum absolute atomic E-state index is 0. The number of nitrogens with zero attached hydrogens (tertiary/aromatic N) is 1. The van der Waals surface area contributed by atoms with Crippen molar-refractivity contribution in [2.24, 2.45) is 0 Å². The summed E-state index contributed by atoms with van der Waals surface area (Å²) in [5.74, 6) is -0.437. The van der Waals surface area contributed by atoms with Gasteiger partial charge >= 0.3 is 5.97 Å². The first kappa shape index (κ1) is 19.9. The minimum Gasteiger partial charge on any atom is -0.469 e. The number of hydrogen-bond acceptors (Lipinski definition) is 5.